The number of nitrogens with one attached hydrogen (secondary N) is 2. The summed E-state index contributed by atoms with van der Waals surface area (Å²) < 4.78 is 1.89. The third kappa shape index (κ3) is 2.34. The Morgan fingerprint density at radius 2 is 2.16 bits per heavy atom. The lowest BCUT2D eigenvalue weighted by molar-refractivity contribution is 0.631. The molecular weight excluding hydrogens is 262 g/mol. The predicted molar refractivity (Wildman–Crippen MR) is 74.9 cm³/mol. The average molecular weight is 276 g/mol. The molecule has 3 aromatic rings. The van der Waals surface area contributed by atoms with E-state index in [9.17, 15) is 0 Å². The maximum absolute atomic E-state index is 6.34. The Morgan fingerprint density at radius 3 is 2.89 bits per heavy atom. The Labute approximate surface area is 115 Å². The molecule has 0 amide bonds. The van der Waals surface area contributed by atoms with Gasteiger partial charge in [0.1, 0.15) is 12.2 Å². The average Bonchev–Trinajstić information content (AvgIpc) is 2.96. The Hall–Kier alpha value is -1.85. The van der Waals surface area contributed by atoms with Crippen molar-refractivity contribution in [3.8, 4) is 0 Å². The molecule has 0 aliphatic heterocycles. The number of aromatic nitrogens is 4. The van der Waals surface area contributed by atoms with Gasteiger partial charge in [0.15, 0.2) is 0 Å². The SMILES string of the molecule is Cn1cnnc1CNCc1[nH]c2ccccc2c1Cl. The van der Waals surface area contributed by atoms with E-state index in [1.165, 1.54) is 0 Å². The number of fused-ring (bicyclic) bond motifs is 1. The largest absolute Gasteiger partial charge is 0.356 e. The molecule has 19 heavy (non-hydrogen) atoms. The van der Waals surface area contributed by atoms with Crippen LogP contribution in [0.5, 0.6) is 0 Å². The normalized spacial score (nSPS) is 11.3. The standard InChI is InChI=1S/C13H14ClN5/c1-19-8-16-18-12(19)7-15-6-11-13(14)9-4-2-3-5-10(9)17-11/h2-5,8,15,17H,6-7H2,1H3. The first kappa shape index (κ1) is 12.2. The zero-order valence-electron chi connectivity index (χ0n) is 10.5. The van der Waals surface area contributed by atoms with Gasteiger partial charge in [0, 0.05) is 30.2 Å². The second-order valence-electron chi connectivity index (χ2n) is 4.42. The van der Waals surface area contributed by atoms with Gasteiger partial charge < -0.3 is 14.9 Å². The number of halogens is 1. The van der Waals surface area contributed by atoms with E-state index in [0.717, 1.165) is 27.4 Å². The monoisotopic (exact) mass is 275 g/mol. The minimum Gasteiger partial charge on any atom is -0.356 e. The van der Waals surface area contributed by atoms with Gasteiger partial charge in [-0.3, -0.25) is 0 Å². The van der Waals surface area contributed by atoms with Gasteiger partial charge in [-0.15, -0.1) is 10.2 Å². The summed E-state index contributed by atoms with van der Waals surface area (Å²) in [6.45, 7) is 1.32. The summed E-state index contributed by atoms with van der Waals surface area (Å²) in [6, 6.07) is 8.01. The number of aryl methyl sites for hydroxylation is 1. The van der Waals surface area contributed by atoms with Crippen molar-refractivity contribution in [2.45, 2.75) is 13.1 Å². The molecular formula is C13H14ClN5. The molecule has 1 aromatic carbocycles. The predicted octanol–water partition coefficient (Wildman–Crippen LogP) is 2.24. The summed E-state index contributed by atoms with van der Waals surface area (Å²) in [4.78, 5) is 3.32. The van der Waals surface area contributed by atoms with Gasteiger partial charge in [-0.1, -0.05) is 29.8 Å². The van der Waals surface area contributed by atoms with Crippen LogP contribution >= 0.6 is 11.6 Å². The molecule has 0 unspecified atom stereocenters. The summed E-state index contributed by atoms with van der Waals surface area (Å²) >= 11 is 6.34. The van der Waals surface area contributed by atoms with Crippen LogP contribution < -0.4 is 5.32 Å². The van der Waals surface area contributed by atoms with Crippen molar-refractivity contribution in [3.05, 3.63) is 47.1 Å². The molecule has 2 aromatic heterocycles. The summed E-state index contributed by atoms with van der Waals surface area (Å²) in [7, 11) is 1.92. The molecule has 0 bridgehead atoms. The number of para-hydroxylation sites is 1. The first-order valence-electron chi connectivity index (χ1n) is 6.04. The van der Waals surface area contributed by atoms with Crippen LogP contribution in [-0.2, 0) is 20.1 Å². The lowest BCUT2D eigenvalue weighted by Crippen LogP contribution is -2.16. The lowest BCUT2D eigenvalue weighted by Gasteiger charge is -2.03. The minimum atomic E-state index is 0.655. The fraction of sp³-hybridized carbons (Fsp3) is 0.231. The molecule has 3 rings (SSSR count). The highest BCUT2D eigenvalue weighted by Crippen LogP contribution is 2.26. The molecule has 0 atom stereocenters. The number of hydrogen-bond donors (Lipinski definition) is 2. The fourth-order valence-electron chi connectivity index (χ4n) is 2.05. The van der Waals surface area contributed by atoms with Gasteiger partial charge in [-0.25, -0.2) is 0 Å². The van der Waals surface area contributed by atoms with Crippen LogP contribution in [0.15, 0.2) is 30.6 Å². The minimum absolute atomic E-state index is 0.655. The molecule has 0 radical (unpaired) electrons. The fourth-order valence-corrected chi connectivity index (χ4v) is 2.33. The zero-order valence-corrected chi connectivity index (χ0v) is 11.3. The van der Waals surface area contributed by atoms with E-state index in [1.807, 2.05) is 35.9 Å². The zero-order chi connectivity index (χ0) is 13.2. The summed E-state index contributed by atoms with van der Waals surface area (Å²) in [5.74, 6) is 0.896. The number of aromatic amines is 1. The third-order valence-corrected chi connectivity index (χ3v) is 3.54. The molecule has 0 aliphatic rings. The molecule has 98 valence electrons. The molecule has 2 N–H and O–H groups in total. The van der Waals surface area contributed by atoms with E-state index < -0.39 is 0 Å². The van der Waals surface area contributed by atoms with E-state index >= 15 is 0 Å². The number of hydrogen-bond acceptors (Lipinski definition) is 3. The molecule has 0 saturated carbocycles. The Bertz CT molecular complexity index is 700. The summed E-state index contributed by atoms with van der Waals surface area (Å²) in [6.07, 6.45) is 1.69. The van der Waals surface area contributed by atoms with Crippen LogP contribution in [0, 0.1) is 0 Å². The van der Waals surface area contributed by atoms with Crippen LogP contribution in [0.3, 0.4) is 0 Å². The Morgan fingerprint density at radius 1 is 1.32 bits per heavy atom. The van der Waals surface area contributed by atoms with Crippen LogP contribution in [0.2, 0.25) is 5.02 Å². The highest BCUT2D eigenvalue weighted by Gasteiger charge is 2.08. The van der Waals surface area contributed by atoms with Crippen molar-refractivity contribution >= 4 is 22.5 Å². The van der Waals surface area contributed by atoms with Gasteiger partial charge in [0.2, 0.25) is 0 Å². The third-order valence-electron chi connectivity index (χ3n) is 3.10. The second kappa shape index (κ2) is 5.03. The molecule has 0 saturated heterocycles. The summed E-state index contributed by atoms with van der Waals surface area (Å²) in [5.41, 5.74) is 2.05. The van der Waals surface area contributed by atoms with E-state index in [1.54, 1.807) is 6.33 Å². The van der Waals surface area contributed by atoms with Crippen molar-refractivity contribution in [3.63, 3.8) is 0 Å². The van der Waals surface area contributed by atoms with Crippen LogP contribution in [0.1, 0.15) is 11.5 Å². The van der Waals surface area contributed by atoms with E-state index in [4.69, 9.17) is 11.6 Å². The number of rotatable bonds is 4. The molecule has 6 heteroatoms. The number of nitrogens with zero attached hydrogens (tertiary/aromatic N) is 3. The topological polar surface area (TPSA) is 58.5 Å². The van der Waals surface area contributed by atoms with Crippen molar-refractivity contribution < 1.29 is 0 Å². The van der Waals surface area contributed by atoms with Gasteiger partial charge in [-0.05, 0) is 6.07 Å². The molecule has 5 nitrogen and oxygen atoms in total. The van der Waals surface area contributed by atoms with E-state index in [2.05, 4.69) is 20.5 Å². The Kier molecular flexibility index (Phi) is 3.23. The smallest absolute Gasteiger partial charge is 0.146 e. The van der Waals surface area contributed by atoms with Gasteiger partial charge in [-0.2, -0.15) is 0 Å². The molecule has 0 aliphatic carbocycles. The van der Waals surface area contributed by atoms with Crippen molar-refractivity contribution in [2.24, 2.45) is 7.05 Å². The van der Waals surface area contributed by atoms with E-state index in [0.29, 0.717) is 13.1 Å². The quantitative estimate of drug-likeness (QED) is 0.768. The number of H-pyrrole nitrogens is 1. The van der Waals surface area contributed by atoms with Crippen LogP contribution in [0.25, 0.3) is 10.9 Å². The van der Waals surface area contributed by atoms with Crippen molar-refractivity contribution in [1.29, 1.82) is 0 Å². The van der Waals surface area contributed by atoms with Crippen molar-refractivity contribution in [1.82, 2.24) is 25.1 Å². The molecule has 0 spiro atoms. The molecule has 0 fully saturated rings. The van der Waals surface area contributed by atoms with Gasteiger partial charge >= 0.3 is 0 Å². The van der Waals surface area contributed by atoms with Gasteiger partial charge in [0.25, 0.3) is 0 Å². The van der Waals surface area contributed by atoms with Crippen LogP contribution in [-0.4, -0.2) is 19.7 Å². The van der Waals surface area contributed by atoms with Crippen LogP contribution in [0.4, 0.5) is 0 Å². The van der Waals surface area contributed by atoms with Gasteiger partial charge in [0.05, 0.1) is 11.6 Å². The molecule has 2 heterocycles. The maximum Gasteiger partial charge on any atom is 0.146 e. The second-order valence-corrected chi connectivity index (χ2v) is 4.80. The summed E-state index contributed by atoms with van der Waals surface area (Å²) in [5, 5.41) is 13.0. The first-order chi connectivity index (χ1) is 9.25. The Balaban J connectivity index is 1.72. The van der Waals surface area contributed by atoms with E-state index in [-0.39, 0.29) is 0 Å². The highest BCUT2D eigenvalue weighted by molar-refractivity contribution is 6.36. The highest BCUT2D eigenvalue weighted by atomic mass is 35.5. The first-order valence-corrected chi connectivity index (χ1v) is 6.42. The lowest BCUT2D eigenvalue weighted by atomic mass is 10.2. The van der Waals surface area contributed by atoms with Crippen molar-refractivity contribution in [2.75, 3.05) is 0 Å². The number of benzene rings is 1. The maximum atomic E-state index is 6.34.